The van der Waals surface area contributed by atoms with Crippen molar-refractivity contribution in [1.82, 2.24) is 15.0 Å². The minimum Gasteiger partial charge on any atom is -0.497 e. The Bertz CT molecular complexity index is 899. The van der Waals surface area contributed by atoms with Crippen LogP contribution < -0.4 is 10.2 Å². The predicted octanol–water partition coefficient (Wildman–Crippen LogP) is 2.59. The van der Waals surface area contributed by atoms with Gasteiger partial charge in [0, 0.05) is 5.56 Å². The van der Waals surface area contributed by atoms with Crippen LogP contribution in [0.3, 0.4) is 0 Å². The van der Waals surface area contributed by atoms with Crippen LogP contribution in [-0.2, 0) is 11.3 Å². The summed E-state index contributed by atoms with van der Waals surface area (Å²) in [5.74, 6) is 0.540. The first kappa shape index (κ1) is 15.7. The minimum absolute atomic E-state index is 0.162. The second-order valence-corrected chi connectivity index (χ2v) is 5.33. The van der Waals surface area contributed by atoms with E-state index in [1.165, 1.54) is 0 Å². The summed E-state index contributed by atoms with van der Waals surface area (Å²) in [4.78, 5) is 16.4. The number of para-hydroxylation sites is 2. The van der Waals surface area contributed by atoms with Gasteiger partial charge in [-0.2, -0.15) is 5.10 Å². The molecule has 1 aromatic heterocycles. The van der Waals surface area contributed by atoms with E-state index >= 15 is 0 Å². The first-order chi connectivity index (χ1) is 11.7. The van der Waals surface area contributed by atoms with Gasteiger partial charge in [-0.1, -0.05) is 24.3 Å². The summed E-state index contributed by atoms with van der Waals surface area (Å²) in [6, 6.07) is 15.2. The summed E-state index contributed by atoms with van der Waals surface area (Å²) in [6.45, 7) is 2.00. The van der Waals surface area contributed by atoms with E-state index < -0.39 is 0 Å². The molecule has 0 aliphatic rings. The molecule has 0 atom stereocenters. The maximum atomic E-state index is 12.1. The quantitative estimate of drug-likeness (QED) is 0.580. The highest BCUT2D eigenvalue weighted by molar-refractivity contribution is 5.99. The number of hydrogen-bond donors (Lipinski definition) is 1. The average Bonchev–Trinajstić information content (AvgIpc) is 3.03. The Morgan fingerprint density at radius 1 is 1.25 bits per heavy atom. The van der Waals surface area contributed by atoms with Crippen LogP contribution >= 0.6 is 0 Å². The molecule has 122 valence electrons. The van der Waals surface area contributed by atoms with Crippen molar-refractivity contribution in [1.29, 1.82) is 0 Å². The number of amides is 1. The maximum absolute atomic E-state index is 12.1. The number of benzene rings is 2. The van der Waals surface area contributed by atoms with Gasteiger partial charge in [0.2, 0.25) is 0 Å². The molecule has 0 unspecified atom stereocenters. The van der Waals surface area contributed by atoms with Crippen molar-refractivity contribution in [3.8, 4) is 5.75 Å². The molecule has 0 aliphatic heterocycles. The molecule has 1 N–H and O–H groups in total. The molecule has 0 radical (unpaired) electrons. The Morgan fingerprint density at radius 3 is 2.92 bits per heavy atom. The van der Waals surface area contributed by atoms with Crippen LogP contribution in [0.2, 0.25) is 0 Å². The second kappa shape index (κ2) is 6.95. The van der Waals surface area contributed by atoms with E-state index in [-0.39, 0.29) is 12.5 Å². The number of carbonyl (C=O) groups excluding carboxylic acids is 1. The maximum Gasteiger partial charge on any atom is 0.260 e. The third-order valence-electron chi connectivity index (χ3n) is 3.68. The summed E-state index contributed by atoms with van der Waals surface area (Å²) in [6.07, 6.45) is 1.66. The molecule has 1 heterocycles. The van der Waals surface area contributed by atoms with Crippen molar-refractivity contribution in [3.05, 3.63) is 60.4 Å². The number of aromatic nitrogens is 2. The zero-order valence-corrected chi connectivity index (χ0v) is 13.6. The number of carbonyl (C=O) groups is 1. The molecule has 24 heavy (non-hydrogen) atoms. The van der Waals surface area contributed by atoms with Crippen molar-refractivity contribution in [2.24, 2.45) is 5.10 Å². The molecule has 3 rings (SSSR count). The molecular weight excluding hydrogens is 304 g/mol. The van der Waals surface area contributed by atoms with Crippen LogP contribution in [0.1, 0.15) is 12.5 Å². The molecule has 3 aromatic rings. The normalized spacial score (nSPS) is 11.5. The second-order valence-electron chi connectivity index (χ2n) is 5.33. The van der Waals surface area contributed by atoms with Gasteiger partial charge in [0.25, 0.3) is 5.91 Å². The molecule has 6 heteroatoms. The van der Waals surface area contributed by atoms with Crippen molar-refractivity contribution in [2.75, 3.05) is 7.11 Å². The van der Waals surface area contributed by atoms with E-state index in [0.717, 1.165) is 22.3 Å². The molecule has 0 bridgehead atoms. The van der Waals surface area contributed by atoms with Crippen molar-refractivity contribution >= 4 is 22.7 Å². The van der Waals surface area contributed by atoms with Crippen LogP contribution in [0.15, 0.2) is 60.0 Å². The van der Waals surface area contributed by atoms with Gasteiger partial charge in [0.15, 0.2) is 0 Å². The Hall–Kier alpha value is -3.15. The van der Waals surface area contributed by atoms with E-state index in [9.17, 15) is 4.79 Å². The highest BCUT2D eigenvalue weighted by Crippen LogP contribution is 2.13. The fourth-order valence-electron chi connectivity index (χ4n) is 2.39. The lowest BCUT2D eigenvalue weighted by atomic mass is 10.1. The lowest BCUT2D eigenvalue weighted by Gasteiger charge is -2.06. The summed E-state index contributed by atoms with van der Waals surface area (Å²) in [5, 5.41) is 4.16. The zero-order chi connectivity index (χ0) is 16.9. The highest BCUT2D eigenvalue weighted by atomic mass is 16.5. The van der Waals surface area contributed by atoms with Gasteiger partial charge in [0.05, 0.1) is 30.2 Å². The van der Waals surface area contributed by atoms with Crippen molar-refractivity contribution < 1.29 is 9.53 Å². The van der Waals surface area contributed by atoms with E-state index in [1.807, 2.05) is 55.5 Å². The predicted molar refractivity (Wildman–Crippen MR) is 93.1 cm³/mol. The standard InChI is InChI=1S/C18H18N4O2/c1-13(14-6-5-7-15(10-14)24-2)20-21-18(23)11-22-12-19-16-8-3-4-9-17(16)22/h3-10,12H,11H2,1-2H3,(H,21,23)/b20-13+. The van der Waals surface area contributed by atoms with Crippen LogP contribution in [0, 0.1) is 0 Å². The van der Waals surface area contributed by atoms with Gasteiger partial charge in [-0.3, -0.25) is 4.79 Å². The van der Waals surface area contributed by atoms with Crippen LogP contribution in [0.25, 0.3) is 11.0 Å². The summed E-state index contributed by atoms with van der Waals surface area (Å²) >= 11 is 0. The van der Waals surface area contributed by atoms with Gasteiger partial charge >= 0.3 is 0 Å². The molecule has 6 nitrogen and oxygen atoms in total. The van der Waals surface area contributed by atoms with E-state index in [4.69, 9.17) is 4.74 Å². The molecule has 0 saturated carbocycles. The first-order valence-electron chi connectivity index (χ1n) is 7.55. The number of hydrazone groups is 1. The number of imidazole rings is 1. The highest BCUT2D eigenvalue weighted by Gasteiger charge is 2.07. The molecule has 0 fully saturated rings. The monoisotopic (exact) mass is 322 g/mol. The molecule has 2 aromatic carbocycles. The SMILES string of the molecule is COc1cccc(/C(C)=N/NC(=O)Cn2cnc3ccccc32)c1. The van der Waals surface area contributed by atoms with Crippen LogP contribution in [0.4, 0.5) is 0 Å². The van der Waals surface area contributed by atoms with Crippen LogP contribution in [-0.4, -0.2) is 28.3 Å². The van der Waals surface area contributed by atoms with Crippen molar-refractivity contribution in [2.45, 2.75) is 13.5 Å². The van der Waals surface area contributed by atoms with Gasteiger partial charge in [-0.25, -0.2) is 10.4 Å². The number of nitrogens with zero attached hydrogens (tertiary/aromatic N) is 3. The molecule has 0 aliphatic carbocycles. The number of rotatable bonds is 5. The van der Waals surface area contributed by atoms with Gasteiger partial charge < -0.3 is 9.30 Å². The minimum atomic E-state index is -0.208. The third-order valence-corrected chi connectivity index (χ3v) is 3.68. The molecule has 0 saturated heterocycles. The largest absolute Gasteiger partial charge is 0.497 e. The summed E-state index contributed by atoms with van der Waals surface area (Å²) in [5.41, 5.74) is 5.96. The fraction of sp³-hybridized carbons (Fsp3) is 0.167. The van der Waals surface area contributed by atoms with Crippen molar-refractivity contribution in [3.63, 3.8) is 0 Å². The van der Waals surface area contributed by atoms with E-state index in [1.54, 1.807) is 18.0 Å². The first-order valence-corrected chi connectivity index (χ1v) is 7.55. The van der Waals surface area contributed by atoms with Crippen LogP contribution in [0.5, 0.6) is 5.75 Å². The number of hydrogen-bond acceptors (Lipinski definition) is 4. The topological polar surface area (TPSA) is 68.5 Å². The Kier molecular flexibility index (Phi) is 4.56. The van der Waals surface area contributed by atoms with E-state index in [0.29, 0.717) is 5.71 Å². The molecular formula is C18H18N4O2. The lowest BCUT2D eigenvalue weighted by molar-refractivity contribution is -0.121. The third kappa shape index (κ3) is 3.43. The fourth-order valence-corrected chi connectivity index (χ4v) is 2.39. The number of nitrogens with one attached hydrogen (secondary N) is 1. The Balaban J connectivity index is 1.68. The average molecular weight is 322 g/mol. The Labute approximate surface area is 139 Å². The Morgan fingerprint density at radius 2 is 2.08 bits per heavy atom. The van der Waals surface area contributed by atoms with Gasteiger partial charge in [-0.05, 0) is 31.2 Å². The number of fused-ring (bicyclic) bond motifs is 1. The smallest absolute Gasteiger partial charge is 0.260 e. The van der Waals surface area contributed by atoms with Gasteiger partial charge in [-0.15, -0.1) is 0 Å². The molecule has 1 amide bonds. The zero-order valence-electron chi connectivity index (χ0n) is 13.6. The summed E-state index contributed by atoms with van der Waals surface area (Å²) < 4.78 is 6.98. The summed E-state index contributed by atoms with van der Waals surface area (Å²) in [7, 11) is 1.61. The number of methoxy groups -OCH3 is 1. The number of ether oxygens (including phenoxy) is 1. The molecule has 0 spiro atoms. The lowest BCUT2D eigenvalue weighted by Crippen LogP contribution is -2.24. The van der Waals surface area contributed by atoms with E-state index in [2.05, 4.69) is 15.5 Å². The van der Waals surface area contributed by atoms with Gasteiger partial charge in [0.1, 0.15) is 12.3 Å².